The van der Waals surface area contributed by atoms with Gasteiger partial charge in [-0.25, -0.2) is 0 Å². The number of carbonyl (C=O) groups excluding carboxylic acids is 2. The molecule has 31 heavy (non-hydrogen) atoms. The van der Waals surface area contributed by atoms with Crippen molar-refractivity contribution in [2.75, 3.05) is 0 Å². The summed E-state index contributed by atoms with van der Waals surface area (Å²) >= 11 is 0. The van der Waals surface area contributed by atoms with Crippen LogP contribution < -0.4 is 0 Å². The molecule has 0 heterocycles. The molecule has 0 aliphatic rings. The van der Waals surface area contributed by atoms with Gasteiger partial charge < -0.3 is 9.47 Å². The van der Waals surface area contributed by atoms with Crippen molar-refractivity contribution in [1.29, 1.82) is 0 Å². The lowest BCUT2D eigenvalue weighted by atomic mass is 10.1. The molecule has 2 aromatic carbocycles. The molecular weight excluding hydrogens is 430 g/mol. The van der Waals surface area contributed by atoms with Gasteiger partial charge in [-0.2, -0.15) is 26.3 Å². The number of hydrogen-bond donors (Lipinski definition) is 0. The SMILES string of the molecule is O=C(CCCC(=O)OCc1ccc(C(F)(F)F)cc1)OCc1ccc(C(F)(F)F)cc1. The van der Waals surface area contributed by atoms with Crippen LogP contribution in [-0.4, -0.2) is 11.9 Å². The summed E-state index contributed by atoms with van der Waals surface area (Å²) in [6.07, 6.45) is -8.98. The molecule has 0 aliphatic heterocycles. The van der Waals surface area contributed by atoms with E-state index in [-0.39, 0.29) is 32.5 Å². The standard InChI is InChI=1S/C21H18F6O4/c22-20(23,24)16-8-4-14(5-9-16)12-30-18(28)2-1-3-19(29)31-13-15-6-10-17(11-7-15)21(25,26)27/h4-11H,1-3,12-13H2. The van der Waals surface area contributed by atoms with Gasteiger partial charge in [0.25, 0.3) is 0 Å². The fourth-order valence-corrected chi connectivity index (χ4v) is 2.43. The summed E-state index contributed by atoms with van der Waals surface area (Å²) in [6, 6.07) is 8.35. The number of esters is 2. The van der Waals surface area contributed by atoms with Gasteiger partial charge in [0, 0.05) is 12.8 Å². The van der Waals surface area contributed by atoms with Gasteiger partial charge in [-0.05, 0) is 41.8 Å². The molecule has 0 fully saturated rings. The van der Waals surface area contributed by atoms with Crippen LogP contribution >= 0.6 is 0 Å². The predicted octanol–water partition coefficient (Wildman–Crippen LogP) is 5.68. The summed E-state index contributed by atoms with van der Waals surface area (Å²) in [7, 11) is 0. The Labute approximate surface area is 173 Å². The largest absolute Gasteiger partial charge is 0.461 e. The maximum atomic E-state index is 12.5. The molecule has 10 heteroatoms. The first-order chi connectivity index (χ1) is 14.4. The van der Waals surface area contributed by atoms with Crippen molar-refractivity contribution in [2.24, 2.45) is 0 Å². The molecule has 0 radical (unpaired) electrons. The third kappa shape index (κ3) is 8.31. The summed E-state index contributed by atoms with van der Waals surface area (Å²) in [5.41, 5.74) is -0.843. The molecule has 0 amide bonds. The van der Waals surface area contributed by atoms with Gasteiger partial charge >= 0.3 is 24.3 Å². The fraction of sp³-hybridized carbons (Fsp3) is 0.333. The number of rotatable bonds is 8. The Hall–Kier alpha value is -3.04. The summed E-state index contributed by atoms with van der Waals surface area (Å²) in [4.78, 5) is 23.3. The van der Waals surface area contributed by atoms with Crippen LogP contribution in [0.25, 0.3) is 0 Å². The molecule has 0 saturated heterocycles. The van der Waals surface area contributed by atoms with E-state index in [0.717, 1.165) is 24.3 Å². The highest BCUT2D eigenvalue weighted by Crippen LogP contribution is 2.30. The second-order valence-electron chi connectivity index (χ2n) is 6.56. The van der Waals surface area contributed by atoms with Crippen LogP contribution in [-0.2, 0) is 44.6 Å². The molecule has 0 atom stereocenters. The van der Waals surface area contributed by atoms with E-state index in [1.807, 2.05) is 0 Å². The van der Waals surface area contributed by atoms with Gasteiger partial charge in [0.05, 0.1) is 11.1 Å². The molecule has 0 aliphatic carbocycles. The second kappa shape index (κ2) is 10.3. The Kier molecular flexibility index (Phi) is 8.07. The van der Waals surface area contributed by atoms with Crippen LogP contribution in [0.2, 0.25) is 0 Å². The van der Waals surface area contributed by atoms with E-state index in [1.54, 1.807) is 0 Å². The van der Waals surface area contributed by atoms with Crippen LogP contribution in [0.3, 0.4) is 0 Å². The molecule has 0 N–H and O–H groups in total. The lowest BCUT2D eigenvalue weighted by molar-refractivity contribution is -0.147. The van der Waals surface area contributed by atoms with E-state index in [1.165, 1.54) is 24.3 Å². The van der Waals surface area contributed by atoms with Crippen LogP contribution in [0.15, 0.2) is 48.5 Å². The normalized spacial score (nSPS) is 11.8. The second-order valence-corrected chi connectivity index (χ2v) is 6.56. The highest BCUT2D eigenvalue weighted by Gasteiger charge is 2.30. The highest BCUT2D eigenvalue weighted by molar-refractivity contribution is 5.72. The van der Waals surface area contributed by atoms with Crippen LogP contribution in [0, 0.1) is 0 Å². The van der Waals surface area contributed by atoms with Gasteiger partial charge in [0.15, 0.2) is 0 Å². The first-order valence-electron chi connectivity index (χ1n) is 9.08. The highest BCUT2D eigenvalue weighted by atomic mass is 19.4. The zero-order valence-electron chi connectivity index (χ0n) is 16.1. The Morgan fingerprint density at radius 2 is 0.935 bits per heavy atom. The Balaban J connectivity index is 1.65. The maximum absolute atomic E-state index is 12.5. The molecule has 0 aromatic heterocycles. The number of carbonyl (C=O) groups is 2. The average molecular weight is 448 g/mol. The Morgan fingerprint density at radius 1 is 0.613 bits per heavy atom. The minimum Gasteiger partial charge on any atom is -0.461 e. The van der Waals surface area contributed by atoms with E-state index in [9.17, 15) is 35.9 Å². The first kappa shape index (κ1) is 24.2. The molecule has 4 nitrogen and oxygen atoms in total. The zero-order chi connectivity index (χ0) is 23.1. The van der Waals surface area contributed by atoms with Gasteiger partial charge in [-0.15, -0.1) is 0 Å². The zero-order valence-corrected chi connectivity index (χ0v) is 16.1. The molecule has 0 spiro atoms. The predicted molar refractivity (Wildman–Crippen MR) is 96.3 cm³/mol. The number of benzene rings is 2. The molecule has 0 bridgehead atoms. The molecule has 2 rings (SSSR count). The maximum Gasteiger partial charge on any atom is 0.416 e. The fourth-order valence-electron chi connectivity index (χ4n) is 2.43. The number of hydrogen-bond acceptors (Lipinski definition) is 4. The third-order valence-electron chi connectivity index (χ3n) is 4.12. The first-order valence-corrected chi connectivity index (χ1v) is 9.08. The van der Waals surface area contributed by atoms with Crippen molar-refractivity contribution in [3.8, 4) is 0 Å². The summed E-state index contributed by atoms with van der Waals surface area (Å²) in [5, 5.41) is 0. The summed E-state index contributed by atoms with van der Waals surface area (Å²) in [5.74, 6) is -1.26. The number of alkyl halides is 6. The number of halogens is 6. The van der Waals surface area contributed by atoms with Gasteiger partial charge in [0.1, 0.15) is 13.2 Å². The lowest BCUT2D eigenvalue weighted by Gasteiger charge is -2.09. The third-order valence-corrected chi connectivity index (χ3v) is 4.12. The van der Waals surface area contributed by atoms with Crippen molar-refractivity contribution >= 4 is 11.9 Å². The quantitative estimate of drug-likeness (QED) is 0.385. The van der Waals surface area contributed by atoms with Gasteiger partial charge in [0.2, 0.25) is 0 Å². The van der Waals surface area contributed by atoms with Crippen molar-refractivity contribution in [2.45, 2.75) is 44.8 Å². The Bertz CT molecular complexity index is 797. The van der Waals surface area contributed by atoms with Crippen LogP contribution in [0.1, 0.15) is 41.5 Å². The van der Waals surface area contributed by atoms with Crippen LogP contribution in [0.4, 0.5) is 26.3 Å². The van der Waals surface area contributed by atoms with Crippen molar-refractivity contribution in [1.82, 2.24) is 0 Å². The van der Waals surface area contributed by atoms with Crippen molar-refractivity contribution < 1.29 is 45.4 Å². The average Bonchev–Trinajstić information content (AvgIpc) is 2.70. The van der Waals surface area contributed by atoms with E-state index >= 15 is 0 Å². The minimum absolute atomic E-state index is 0.101. The van der Waals surface area contributed by atoms with Crippen molar-refractivity contribution in [3.05, 3.63) is 70.8 Å². The molecular formula is C21H18F6O4. The topological polar surface area (TPSA) is 52.6 Å². The molecule has 168 valence electrons. The van der Waals surface area contributed by atoms with Gasteiger partial charge in [-0.1, -0.05) is 24.3 Å². The molecule has 0 saturated carbocycles. The number of ether oxygens (including phenoxy) is 2. The summed E-state index contributed by atoms with van der Waals surface area (Å²) in [6.45, 7) is -0.398. The molecule has 0 unspecified atom stereocenters. The van der Waals surface area contributed by atoms with E-state index in [2.05, 4.69) is 0 Å². The van der Waals surface area contributed by atoms with Crippen molar-refractivity contribution in [3.63, 3.8) is 0 Å². The lowest BCUT2D eigenvalue weighted by Crippen LogP contribution is -2.09. The Morgan fingerprint density at radius 3 is 1.23 bits per heavy atom. The van der Waals surface area contributed by atoms with Gasteiger partial charge in [-0.3, -0.25) is 9.59 Å². The van der Waals surface area contributed by atoms with Crippen LogP contribution in [0.5, 0.6) is 0 Å². The van der Waals surface area contributed by atoms with E-state index in [4.69, 9.17) is 9.47 Å². The minimum atomic E-state index is -4.45. The smallest absolute Gasteiger partial charge is 0.416 e. The van der Waals surface area contributed by atoms with E-state index < -0.39 is 35.4 Å². The monoisotopic (exact) mass is 448 g/mol. The molecule has 2 aromatic rings. The van der Waals surface area contributed by atoms with E-state index in [0.29, 0.717) is 11.1 Å². The summed E-state index contributed by atoms with van der Waals surface area (Å²) < 4.78 is 84.8.